The summed E-state index contributed by atoms with van der Waals surface area (Å²) in [4.78, 5) is 12.6. The molecule has 0 spiro atoms. The van der Waals surface area contributed by atoms with Crippen molar-refractivity contribution < 1.29 is 4.79 Å². The van der Waals surface area contributed by atoms with Crippen molar-refractivity contribution in [1.29, 1.82) is 0 Å². The molecule has 0 aliphatic carbocycles. The van der Waals surface area contributed by atoms with E-state index in [9.17, 15) is 4.79 Å². The van der Waals surface area contributed by atoms with Gasteiger partial charge in [0, 0.05) is 17.0 Å². The smallest absolute Gasteiger partial charge is 0.251 e. The second-order valence-electron chi connectivity index (χ2n) is 4.70. The zero-order valence-electron chi connectivity index (χ0n) is 10.6. The Labute approximate surface area is 109 Å². The van der Waals surface area contributed by atoms with Crippen LogP contribution in [0.4, 0.5) is 0 Å². The summed E-state index contributed by atoms with van der Waals surface area (Å²) < 4.78 is 0. The average molecular weight is 251 g/mol. The van der Waals surface area contributed by atoms with Crippen LogP contribution in [0.15, 0.2) is 29.2 Å². The molecule has 0 fully saturated rings. The quantitative estimate of drug-likeness (QED) is 0.588. The van der Waals surface area contributed by atoms with E-state index in [0.717, 1.165) is 23.8 Å². The van der Waals surface area contributed by atoms with Gasteiger partial charge in [0.1, 0.15) is 0 Å². The first-order chi connectivity index (χ1) is 8.09. The molecule has 94 valence electrons. The molecule has 0 unspecified atom stereocenters. The lowest BCUT2D eigenvalue weighted by molar-refractivity contribution is 0.0952. The number of carbonyl (C=O) groups excluding carboxylic acids is 1. The van der Waals surface area contributed by atoms with Gasteiger partial charge in [-0.05, 0) is 30.5 Å². The lowest BCUT2D eigenvalue weighted by atomic mass is 10.1. The van der Waals surface area contributed by atoms with Crippen molar-refractivity contribution in [3.63, 3.8) is 0 Å². The zero-order chi connectivity index (χ0) is 12.7. The van der Waals surface area contributed by atoms with Crippen molar-refractivity contribution in [3.8, 4) is 0 Å². The van der Waals surface area contributed by atoms with Crippen LogP contribution in [-0.4, -0.2) is 12.5 Å². The molecule has 2 nitrogen and oxygen atoms in total. The predicted octanol–water partition coefficient (Wildman–Crippen LogP) is 3.53. The van der Waals surface area contributed by atoms with Crippen molar-refractivity contribution in [3.05, 3.63) is 29.8 Å². The maximum Gasteiger partial charge on any atom is 0.251 e. The Bertz CT molecular complexity index is 363. The molecule has 3 heteroatoms. The van der Waals surface area contributed by atoms with Crippen LogP contribution in [0, 0.1) is 5.92 Å². The summed E-state index contributed by atoms with van der Waals surface area (Å²) in [5, 5.41) is 2.93. The van der Waals surface area contributed by atoms with Crippen LogP contribution < -0.4 is 5.32 Å². The van der Waals surface area contributed by atoms with Crippen molar-refractivity contribution in [2.75, 3.05) is 6.54 Å². The van der Waals surface area contributed by atoms with E-state index in [1.807, 2.05) is 18.2 Å². The molecule has 1 rings (SSSR count). The molecule has 0 aromatic heterocycles. The molecule has 0 atom stereocenters. The van der Waals surface area contributed by atoms with Gasteiger partial charge in [-0.3, -0.25) is 4.79 Å². The highest BCUT2D eigenvalue weighted by Crippen LogP contribution is 2.09. The van der Waals surface area contributed by atoms with E-state index in [0.29, 0.717) is 5.56 Å². The minimum atomic E-state index is -0.00885. The molecule has 0 aliphatic heterocycles. The van der Waals surface area contributed by atoms with Gasteiger partial charge in [0.2, 0.25) is 0 Å². The van der Waals surface area contributed by atoms with E-state index in [4.69, 9.17) is 0 Å². The number of amides is 1. The summed E-state index contributed by atoms with van der Waals surface area (Å²) in [5.74, 6) is 0.733. The molecule has 0 heterocycles. The first kappa shape index (κ1) is 14.1. The Hall–Kier alpha value is -0.960. The van der Waals surface area contributed by atoms with E-state index in [1.165, 1.54) is 12.8 Å². The Morgan fingerprint density at radius 3 is 2.76 bits per heavy atom. The van der Waals surface area contributed by atoms with E-state index in [1.54, 1.807) is 6.07 Å². The molecule has 0 saturated heterocycles. The van der Waals surface area contributed by atoms with Gasteiger partial charge in [-0.2, -0.15) is 0 Å². The number of benzene rings is 1. The van der Waals surface area contributed by atoms with Gasteiger partial charge < -0.3 is 5.32 Å². The maximum absolute atomic E-state index is 11.7. The number of rotatable bonds is 6. The molecule has 0 radical (unpaired) electrons. The van der Waals surface area contributed by atoms with Crippen molar-refractivity contribution >= 4 is 18.5 Å². The minimum absolute atomic E-state index is 0.00885. The number of thiol groups is 1. The molecule has 1 amide bonds. The number of hydrogen-bond acceptors (Lipinski definition) is 2. The number of unbranched alkanes of at least 4 members (excludes halogenated alkanes) is 1. The molecule has 1 N–H and O–H groups in total. The van der Waals surface area contributed by atoms with Gasteiger partial charge >= 0.3 is 0 Å². The lowest BCUT2D eigenvalue weighted by Gasteiger charge is -2.07. The molecule has 0 saturated carbocycles. The Balaban J connectivity index is 2.26. The highest BCUT2D eigenvalue weighted by molar-refractivity contribution is 7.80. The summed E-state index contributed by atoms with van der Waals surface area (Å²) in [6, 6.07) is 7.30. The summed E-state index contributed by atoms with van der Waals surface area (Å²) in [7, 11) is 0. The van der Waals surface area contributed by atoms with Crippen LogP contribution in [0.2, 0.25) is 0 Å². The van der Waals surface area contributed by atoms with Crippen molar-refractivity contribution in [2.24, 2.45) is 5.92 Å². The molecular weight excluding hydrogens is 230 g/mol. The van der Waals surface area contributed by atoms with E-state index >= 15 is 0 Å². The monoisotopic (exact) mass is 251 g/mol. The second-order valence-corrected chi connectivity index (χ2v) is 5.21. The molecular formula is C14H21NOS. The Kier molecular flexibility index (Phi) is 6.12. The SMILES string of the molecule is CC(C)CCCCNC(=O)c1cccc(S)c1. The summed E-state index contributed by atoms with van der Waals surface area (Å²) in [6.07, 6.45) is 3.44. The van der Waals surface area contributed by atoms with Crippen LogP contribution in [0.3, 0.4) is 0 Å². The molecule has 1 aromatic carbocycles. The number of nitrogens with one attached hydrogen (secondary N) is 1. The van der Waals surface area contributed by atoms with Gasteiger partial charge in [-0.1, -0.05) is 32.8 Å². The minimum Gasteiger partial charge on any atom is -0.352 e. The van der Waals surface area contributed by atoms with Gasteiger partial charge in [0.15, 0.2) is 0 Å². The van der Waals surface area contributed by atoms with E-state index in [2.05, 4.69) is 31.8 Å². The second kappa shape index (κ2) is 7.38. The fourth-order valence-corrected chi connectivity index (χ4v) is 1.85. The summed E-state index contributed by atoms with van der Waals surface area (Å²) in [5.41, 5.74) is 0.682. The van der Waals surface area contributed by atoms with Gasteiger partial charge in [0.05, 0.1) is 0 Å². The largest absolute Gasteiger partial charge is 0.352 e. The molecule has 1 aromatic rings. The lowest BCUT2D eigenvalue weighted by Crippen LogP contribution is -2.24. The third-order valence-corrected chi connectivity index (χ3v) is 2.88. The van der Waals surface area contributed by atoms with Gasteiger partial charge in [-0.15, -0.1) is 12.6 Å². The fraction of sp³-hybridized carbons (Fsp3) is 0.500. The summed E-state index contributed by atoms with van der Waals surface area (Å²) in [6.45, 7) is 5.19. The zero-order valence-corrected chi connectivity index (χ0v) is 11.5. The molecule has 17 heavy (non-hydrogen) atoms. The Morgan fingerprint density at radius 1 is 1.35 bits per heavy atom. The van der Waals surface area contributed by atoms with Crippen LogP contribution in [0.5, 0.6) is 0 Å². The third-order valence-electron chi connectivity index (χ3n) is 2.60. The van der Waals surface area contributed by atoms with E-state index in [-0.39, 0.29) is 5.91 Å². The van der Waals surface area contributed by atoms with E-state index < -0.39 is 0 Å². The van der Waals surface area contributed by atoms with Crippen LogP contribution in [0.1, 0.15) is 43.5 Å². The Morgan fingerprint density at radius 2 is 2.12 bits per heavy atom. The predicted molar refractivity (Wildman–Crippen MR) is 74.7 cm³/mol. The first-order valence-corrected chi connectivity index (χ1v) is 6.61. The summed E-state index contributed by atoms with van der Waals surface area (Å²) >= 11 is 4.22. The van der Waals surface area contributed by atoms with Crippen molar-refractivity contribution in [1.82, 2.24) is 5.32 Å². The van der Waals surface area contributed by atoms with Crippen LogP contribution in [-0.2, 0) is 0 Å². The maximum atomic E-state index is 11.7. The number of carbonyl (C=O) groups is 1. The fourth-order valence-electron chi connectivity index (χ4n) is 1.63. The molecule has 0 bridgehead atoms. The standard InChI is InChI=1S/C14H21NOS/c1-11(2)6-3-4-9-15-14(16)12-7-5-8-13(17)10-12/h5,7-8,10-11,17H,3-4,6,9H2,1-2H3,(H,15,16). The average Bonchev–Trinajstić information content (AvgIpc) is 2.28. The topological polar surface area (TPSA) is 29.1 Å². The first-order valence-electron chi connectivity index (χ1n) is 6.17. The molecule has 0 aliphatic rings. The normalized spacial score (nSPS) is 10.6. The van der Waals surface area contributed by atoms with Gasteiger partial charge in [0.25, 0.3) is 5.91 Å². The van der Waals surface area contributed by atoms with Crippen LogP contribution >= 0.6 is 12.6 Å². The van der Waals surface area contributed by atoms with Crippen LogP contribution in [0.25, 0.3) is 0 Å². The highest BCUT2D eigenvalue weighted by atomic mass is 32.1. The van der Waals surface area contributed by atoms with Crippen molar-refractivity contribution in [2.45, 2.75) is 38.0 Å². The number of hydrogen-bond donors (Lipinski definition) is 2. The third kappa shape index (κ3) is 5.78. The highest BCUT2D eigenvalue weighted by Gasteiger charge is 2.04. The van der Waals surface area contributed by atoms with Gasteiger partial charge in [-0.25, -0.2) is 0 Å².